The number of hydrogen-bond donors (Lipinski definition) is 2. The zero-order chi connectivity index (χ0) is 16.2. The number of anilines is 1. The SMILES string of the molecule is [B][B]N[C@H]1CC[C@H](Nc2cc(C(CC)CC)nc3ccnn23)C1. The second-order valence-corrected chi connectivity index (χ2v) is 6.37. The molecule has 0 bridgehead atoms. The molecule has 1 aliphatic carbocycles. The zero-order valence-corrected chi connectivity index (χ0v) is 14.0. The van der Waals surface area contributed by atoms with Gasteiger partial charge in [-0.15, -0.1) is 0 Å². The van der Waals surface area contributed by atoms with Gasteiger partial charge in [-0.3, -0.25) is 0 Å². The molecule has 1 aliphatic rings. The largest absolute Gasteiger partial charge is 0.367 e. The third-order valence-electron chi connectivity index (χ3n) is 4.90. The number of aromatic nitrogens is 3. The van der Waals surface area contributed by atoms with E-state index in [2.05, 4.69) is 35.6 Å². The minimum atomic E-state index is 0.441. The van der Waals surface area contributed by atoms with E-state index in [1.807, 2.05) is 16.8 Å². The zero-order valence-electron chi connectivity index (χ0n) is 14.0. The Bertz CT molecular complexity index is 640. The van der Waals surface area contributed by atoms with Crippen LogP contribution >= 0.6 is 0 Å². The van der Waals surface area contributed by atoms with E-state index in [0.717, 1.165) is 49.3 Å². The normalized spacial score (nSPS) is 21.2. The second-order valence-electron chi connectivity index (χ2n) is 6.37. The van der Waals surface area contributed by atoms with Crippen molar-refractivity contribution in [3.63, 3.8) is 0 Å². The molecule has 119 valence electrons. The molecule has 1 fully saturated rings. The minimum absolute atomic E-state index is 0.441. The van der Waals surface area contributed by atoms with Crippen LogP contribution in [-0.4, -0.2) is 41.7 Å². The summed E-state index contributed by atoms with van der Waals surface area (Å²) in [5.41, 5.74) is 2.08. The van der Waals surface area contributed by atoms with Crippen molar-refractivity contribution in [1.29, 1.82) is 0 Å². The van der Waals surface area contributed by atoms with Crippen molar-refractivity contribution in [2.75, 3.05) is 5.32 Å². The first-order chi connectivity index (χ1) is 11.2. The lowest BCUT2D eigenvalue weighted by Crippen LogP contribution is -2.31. The average Bonchev–Trinajstić information content (AvgIpc) is 3.18. The summed E-state index contributed by atoms with van der Waals surface area (Å²) >= 11 is 0. The molecule has 2 aromatic heterocycles. The number of nitrogens with zero attached hydrogens (tertiary/aromatic N) is 3. The molecule has 1 saturated carbocycles. The van der Waals surface area contributed by atoms with Crippen molar-refractivity contribution < 1.29 is 0 Å². The Morgan fingerprint density at radius 1 is 1.35 bits per heavy atom. The summed E-state index contributed by atoms with van der Waals surface area (Å²) in [4.78, 5) is 4.78. The molecule has 23 heavy (non-hydrogen) atoms. The lowest BCUT2D eigenvalue weighted by Gasteiger charge is -2.19. The predicted octanol–water partition coefficient (Wildman–Crippen LogP) is 2.26. The summed E-state index contributed by atoms with van der Waals surface area (Å²) in [5.74, 6) is 1.55. The fourth-order valence-corrected chi connectivity index (χ4v) is 3.56. The molecular formula is C16H24B2N5. The lowest BCUT2D eigenvalue weighted by atomic mass is 9.66. The van der Waals surface area contributed by atoms with E-state index in [0.29, 0.717) is 18.0 Å². The summed E-state index contributed by atoms with van der Waals surface area (Å²) in [7, 11) is 7.02. The number of rotatable bonds is 7. The highest BCUT2D eigenvalue weighted by Gasteiger charge is 2.24. The van der Waals surface area contributed by atoms with Crippen LogP contribution < -0.4 is 10.5 Å². The average molecular weight is 308 g/mol. The molecular weight excluding hydrogens is 284 g/mol. The smallest absolute Gasteiger partial charge is 0.157 e. The fourth-order valence-electron chi connectivity index (χ4n) is 3.56. The van der Waals surface area contributed by atoms with Crippen LogP contribution in [0.4, 0.5) is 5.82 Å². The van der Waals surface area contributed by atoms with Crippen LogP contribution in [0.2, 0.25) is 0 Å². The molecule has 0 unspecified atom stereocenters. The predicted molar refractivity (Wildman–Crippen MR) is 96.0 cm³/mol. The summed E-state index contributed by atoms with van der Waals surface area (Å²) in [6.45, 7) is 4.44. The van der Waals surface area contributed by atoms with Gasteiger partial charge in [0.15, 0.2) is 5.65 Å². The highest BCUT2D eigenvalue weighted by molar-refractivity contribution is 6.87. The minimum Gasteiger partial charge on any atom is -0.367 e. The van der Waals surface area contributed by atoms with E-state index in [-0.39, 0.29) is 0 Å². The van der Waals surface area contributed by atoms with E-state index >= 15 is 0 Å². The maximum atomic E-state index is 5.47. The van der Waals surface area contributed by atoms with Crippen LogP contribution in [0.1, 0.15) is 57.6 Å². The topological polar surface area (TPSA) is 54.2 Å². The molecule has 3 radical (unpaired) electrons. The molecule has 0 amide bonds. The monoisotopic (exact) mass is 308 g/mol. The van der Waals surface area contributed by atoms with Crippen LogP contribution in [-0.2, 0) is 0 Å². The van der Waals surface area contributed by atoms with Gasteiger partial charge in [0.1, 0.15) is 13.1 Å². The quantitative estimate of drug-likeness (QED) is 0.771. The Hall–Kier alpha value is -1.49. The van der Waals surface area contributed by atoms with Gasteiger partial charge in [0, 0.05) is 37.5 Å². The molecule has 0 aliphatic heterocycles. The summed E-state index contributed by atoms with van der Waals surface area (Å²) in [6, 6.07) is 5.05. The number of fused-ring (bicyclic) bond motifs is 1. The molecule has 0 spiro atoms. The standard InChI is InChI=1S/C16H24B2N5/c1-3-11(4-2)14-10-16(23-15(21-14)7-8-19-23)20-12-5-6-13(9-12)22-18-17/h7-8,10-13,20,22H,3-6,9H2,1-2H3/t12-,13-/m0/s1. The molecule has 0 saturated heterocycles. The third kappa shape index (κ3) is 3.55. The summed E-state index contributed by atoms with van der Waals surface area (Å²) < 4.78 is 1.90. The Kier molecular flexibility index (Phi) is 5.26. The van der Waals surface area contributed by atoms with Crippen LogP contribution in [0.25, 0.3) is 5.65 Å². The molecule has 2 aromatic rings. The molecule has 2 heterocycles. The van der Waals surface area contributed by atoms with Crippen LogP contribution in [0.5, 0.6) is 0 Å². The molecule has 2 N–H and O–H groups in total. The van der Waals surface area contributed by atoms with Gasteiger partial charge < -0.3 is 10.5 Å². The van der Waals surface area contributed by atoms with Gasteiger partial charge in [-0.1, -0.05) is 13.8 Å². The molecule has 5 nitrogen and oxygen atoms in total. The van der Waals surface area contributed by atoms with Crippen molar-refractivity contribution >= 4 is 26.5 Å². The van der Waals surface area contributed by atoms with E-state index in [4.69, 9.17) is 12.7 Å². The van der Waals surface area contributed by atoms with Gasteiger partial charge in [0.05, 0.1) is 6.20 Å². The van der Waals surface area contributed by atoms with Gasteiger partial charge in [-0.25, -0.2) is 4.98 Å². The van der Waals surface area contributed by atoms with Crippen molar-refractivity contribution in [1.82, 2.24) is 19.8 Å². The van der Waals surface area contributed by atoms with Gasteiger partial charge in [0.25, 0.3) is 0 Å². The van der Waals surface area contributed by atoms with Gasteiger partial charge in [-0.05, 0) is 38.1 Å². The van der Waals surface area contributed by atoms with Crippen LogP contribution in [0.15, 0.2) is 18.3 Å². The van der Waals surface area contributed by atoms with E-state index in [1.165, 1.54) is 0 Å². The lowest BCUT2D eigenvalue weighted by molar-refractivity contribution is 0.620. The van der Waals surface area contributed by atoms with E-state index < -0.39 is 0 Å². The first-order valence-corrected chi connectivity index (χ1v) is 8.65. The maximum absolute atomic E-state index is 5.47. The summed E-state index contributed by atoms with van der Waals surface area (Å²) in [5, 5.41) is 11.3. The van der Waals surface area contributed by atoms with Crippen molar-refractivity contribution in [2.45, 2.75) is 64.0 Å². The Labute approximate surface area is 140 Å². The van der Waals surface area contributed by atoms with Crippen LogP contribution in [0, 0.1) is 0 Å². The highest BCUT2D eigenvalue weighted by Crippen LogP contribution is 2.27. The highest BCUT2D eigenvalue weighted by atomic mass is 15.3. The Balaban J connectivity index is 1.83. The first kappa shape index (κ1) is 16.4. The van der Waals surface area contributed by atoms with E-state index in [1.54, 1.807) is 7.31 Å². The number of nitrogens with one attached hydrogen (secondary N) is 2. The van der Waals surface area contributed by atoms with Gasteiger partial charge in [-0.2, -0.15) is 9.61 Å². The van der Waals surface area contributed by atoms with Crippen molar-refractivity contribution in [3.05, 3.63) is 24.0 Å². The van der Waals surface area contributed by atoms with E-state index in [9.17, 15) is 0 Å². The molecule has 2 atom stereocenters. The van der Waals surface area contributed by atoms with Crippen molar-refractivity contribution in [3.8, 4) is 0 Å². The second kappa shape index (κ2) is 7.39. The maximum Gasteiger partial charge on any atom is 0.157 e. The molecule has 7 heteroatoms. The fraction of sp³-hybridized carbons (Fsp3) is 0.625. The van der Waals surface area contributed by atoms with Gasteiger partial charge >= 0.3 is 0 Å². The molecule has 3 rings (SSSR count). The Morgan fingerprint density at radius 2 is 2.13 bits per heavy atom. The third-order valence-corrected chi connectivity index (χ3v) is 4.90. The van der Waals surface area contributed by atoms with Gasteiger partial charge in [0.2, 0.25) is 0 Å². The number of hydrogen-bond acceptors (Lipinski definition) is 4. The van der Waals surface area contributed by atoms with Crippen molar-refractivity contribution in [2.24, 2.45) is 0 Å². The Morgan fingerprint density at radius 3 is 2.87 bits per heavy atom. The van der Waals surface area contributed by atoms with Crippen LogP contribution in [0.3, 0.4) is 0 Å². The first-order valence-electron chi connectivity index (χ1n) is 8.65. The molecule has 0 aromatic carbocycles. The summed E-state index contributed by atoms with van der Waals surface area (Å²) in [6.07, 6.45) is 7.37.